The van der Waals surface area contributed by atoms with Crippen molar-refractivity contribution in [1.29, 1.82) is 0 Å². The van der Waals surface area contributed by atoms with Gasteiger partial charge in [-0.05, 0) is 53.4 Å². The second kappa shape index (κ2) is 6.48. The monoisotopic (exact) mass is 437 g/mol. The maximum absolute atomic E-state index is 13.9. The van der Waals surface area contributed by atoms with Crippen molar-refractivity contribution in [3.05, 3.63) is 101 Å². The van der Waals surface area contributed by atoms with Crippen molar-refractivity contribution in [3.8, 4) is 0 Å². The van der Waals surface area contributed by atoms with E-state index in [-0.39, 0.29) is 23.2 Å². The smallest absolute Gasteiger partial charge is 0.335 e. The average molecular weight is 437 g/mol. The third-order valence-electron chi connectivity index (χ3n) is 7.55. The number of hydrogen-bond acceptors (Lipinski definition) is 4. The van der Waals surface area contributed by atoms with Crippen molar-refractivity contribution in [2.45, 2.75) is 18.3 Å². The van der Waals surface area contributed by atoms with Crippen LogP contribution in [-0.4, -0.2) is 28.7 Å². The van der Waals surface area contributed by atoms with Gasteiger partial charge in [0.25, 0.3) is 0 Å². The average Bonchev–Trinajstić information content (AvgIpc) is 3.09. The molecule has 1 fully saturated rings. The number of aromatic carboxylic acids is 1. The molecule has 3 aromatic carbocycles. The van der Waals surface area contributed by atoms with Crippen LogP contribution in [0, 0.1) is 11.8 Å². The summed E-state index contributed by atoms with van der Waals surface area (Å²) in [6.07, 6.45) is 0. The zero-order valence-electron chi connectivity index (χ0n) is 17.7. The lowest BCUT2D eigenvalue weighted by molar-refractivity contribution is -0.132. The maximum atomic E-state index is 13.9. The number of amides is 2. The Labute approximate surface area is 189 Å². The number of rotatable bonds is 3. The van der Waals surface area contributed by atoms with E-state index >= 15 is 0 Å². The molecule has 162 valence electrons. The highest BCUT2D eigenvalue weighted by Crippen LogP contribution is 2.64. The van der Waals surface area contributed by atoms with Gasteiger partial charge in [0.05, 0.1) is 28.5 Å². The maximum Gasteiger partial charge on any atom is 0.335 e. The highest BCUT2D eigenvalue weighted by Gasteiger charge is 2.69. The van der Waals surface area contributed by atoms with Gasteiger partial charge in [0.1, 0.15) is 5.78 Å². The minimum absolute atomic E-state index is 0.0651. The van der Waals surface area contributed by atoms with Crippen molar-refractivity contribution >= 4 is 29.3 Å². The molecule has 2 atom stereocenters. The Morgan fingerprint density at radius 1 is 0.818 bits per heavy atom. The van der Waals surface area contributed by atoms with Crippen LogP contribution in [0.4, 0.5) is 5.69 Å². The Morgan fingerprint density at radius 3 is 1.88 bits per heavy atom. The van der Waals surface area contributed by atoms with Crippen molar-refractivity contribution in [2.24, 2.45) is 11.8 Å². The molecule has 1 saturated heterocycles. The predicted octanol–water partition coefficient (Wildman–Crippen LogP) is 3.52. The number of ketones is 1. The van der Waals surface area contributed by atoms with Gasteiger partial charge in [-0.2, -0.15) is 0 Å². The van der Waals surface area contributed by atoms with E-state index in [1.807, 2.05) is 48.5 Å². The van der Waals surface area contributed by atoms with Crippen LogP contribution in [0.25, 0.3) is 0 Å². The number of carboxylic acids is 1. The standard InChI is InChI=1S/C27H19NO5/c1-14(29)27-19-8-4-2-6-17(19)21(18-7-3-5-9-20(18)27)22-23(27)25(31)28(24(22)30)16-12-10-15(11-13-16)26(32)33/h2-13,21-23H,1H3,(H,32,33). The normalized spacial score (nSPS) is 26.6. The highest BCUT2D eigenvalue weighted by atomic mass is 16.4. The van der Waals surface area contributed by atoms with Gasteiger partial charge in [-0.15, -0.1) is 0 Å². The first-order chi connectivity index (χ1) is 15.9. The van der Waals surface area contributed by atoms with E-state index < -0.39 is 29.1 Å². The van der Waals surface area contributed by atoms with E-state index in [0.717, 1.165) is 27.2 Å². The van der Waals surface area contributed by atoms with E-state index in [2.05, 4.69) is 0 Å². The van der Waals surface area contributed by atoms with Crippen molar-refractivity contribution < 1.29 is 24.3 Å². The lowest BCUT2D eigenvalue weighted by Crippen LogP contribution is -2.57. The number of imide groups is 1. The molecule has 33 heavy (non-hydrogen) atoms. The fraction of sp³-hybridized carbons (Fsp3) is 0.185. The van der Waals surface area contributed by atoms with Crippen LogP contribution in [0.2, 0.25) is 0 Å². The first-order valence-corrected chi connectivity index (χ1v) is 10.8. The summed E-state index contributed by atoms with van der Waals surface area (Å²) < 4.78 is 0. The van der Waals surface area contributed by atoms with E-state index in [4.69, 9.17) is 0 Å². The van der Waals surface area contributed by atoms with Crippen molar-refractivity contribution in [2.75, 3.05) is 4.90 Å². The van der Waals surface area contributed by atoms with Crippen LogP contribution < -0.4 is 4.90 Å². The zero-order valence-corrected chi connectivity index (χ0v) is 17.7. The minimum atomic E-state index is -1.24. The highest BCUT2D eigenvalue weighted by molar-refractivity contribution is 6.25. The molecule has 7 rings (SSSR count). The second-order valence-electron chi connectivity index (χ2n) is 8.88. The molecule has 0 saturated carbocycles. The Hall–Kier alpha value is -4.06. The molecule has 6 heteroatoms. The molecule has 4 aliphatic rings. The van der Waals surface area contributed by atoms with Gasteiger partial charge < -0.3 is 5.11 Å². The number of carboxylic acid groups (broad SMARTS) is 1. The topological polar surface area (TPSA) is 91.8 Å². The van der Waals surface area contributed by atoms with Crippen LogP contribution in [0.5, 0.6) is 0 Å². The molecule has 2 bridgehead atoms. The number of carbonyl (C=O) groups excluding carboxylic acids is 3. The summed E-state index contributed by atoms with van der Waals surface area (Å²) in [5, 5.41) is 9.20. The van der Waals surface area contributed by atoms with Crippen LogP contribution in [-0.2, 0) is 19.8 Å². The number of anilines is 1. The lowest BCUT2D eigenvalue weighted by Gasteiger charge is -2.52. The number of carbonyl (C=O) groups is 4. The third-order valence-corrected chi connectivity index (χ3v) is 7.55. The van der Waals surface area contributed by atoms with Gasteiger partial charge in [0, 0.05) is 5.92 Å². The molecule has 1 N–H and O–H groups in total. The van der Waals surface area contributed by atoms with Crippen LogP contribution in [0.15, 0.2) is 72.8 Å². The molecule has 3 aliphatic carbocycles. The van der Waals surface area contributed by atoms with Crippen molar-refractivity contribution in [3.63, 3.8) is 0 Å². The SMILES string of the molecule is CC(=O)C12c3ccccc3C(c3ccccc31)C1C(=O)N(c3ccc(C(=O)O)cc3)C(=O)C12. The third kappa shape index (κ3) is 2.22. The first kappa shape index (κ1) is 19.6. The van der Waals surface area contributed by atoms with Gasteiger partial charge >= 0.3 is 5.97 Å². The molecule has 0 radical (unpaired) electrons. The van der Waals surface area contributed by atoms with Gasteiger partial charge in [0.15, 0.2) is 0 Å². The molecule has 0 aromatic heterocycles. The van der Waals surface area contributed by atoms with Gasteiger partial charge in [-0.3, -0.25) is 14.4 Å². The minimum Gasteiger partial charge on any atom is -0.478 e. The molecule has 3 aromatic rings. The van der Waals surface area contributed by atoms with Crippen LogP contribution >= 0.6 is 0 Å². The summed E-state index contributed by atoms with van der Waals surface area (Å²) >= 11 is 0. The first-order valence-electron chi connectivity index (χ1n) is 10.8. The number of nitrogens with zero attached hydrogens (tertiary/aromatic N) is 1. The van der Waals surface area contributed by atoms with Gasteiger partial charge in [0.2, 0.25) is 11.8 Å². The molecule has 2 amide bonds. The van der Waals surface area contributed by atoms with Gasteiger partial charge in [-0.1, -0.05) is 48.5 Å². The lowest BCUT2D eigenvalue weighted by atomic mass is 9.46. The number of Topliss-reactive ketones (excluding diaryl/α,β-unsaturated/α-hetero) is 1. The van der Waals surface area contributed by atoms with Crippen LogP contribution in [0.3, 0.4) is 0 Å². The molecule has 0 spiro atoms. The molecule has 1 heterocycles. The number of benzene rings is 3. The van der Waals surface area contributed by atoms with E-state index in [1.54, 1.807) is 0 Å². The quantitative estimate of drug-likeness (QED) is 0.633. The molecule has 6 nitrogen and oxygen atoms in total. The fourth-order valence-electron chi connectivity index (χ4n) is 6.38. The Bertz CT molecular complexity index is 1340. The largest absolute Gasteiger partial charge is 0.478 e. The summed E-state index contributed by atoms with van der Waals surface area (Å²) in [5.74, 6) is -3.91. The zero-order chi connectivity index (χ0) is 23.1. The van der Waals surface area contributed by atoms with E-state index in [1.165, 1.54) is 31.2 Å². The van der Waals surface area contributed by atoms with E-state index in [0.29, 0.717) is 5.69 Å². The molecular weight excluding hydrogens is 418 g/mol. The Morgan fingerprint density at radius 2 is 1.36 bits per heavy atom. The molecule has 1 aliphatic heterocycles. The Balaban J connectivity index is 1.61. The Kier molecular flexibility index (Phi) is 3.85. The predicted molar refractivity (Wildman–Crippen MR) is 119 cm³/mol. The summed E-state index contributed by atoms with van der Waals surface area (Å²) in [6.45, 7) is 1.50. The van der Waals surface area contributed by atoms with Crippen molar-refractivity contribution in [1.82, 2.24) is 0 Å². The van der Waals surface area contributed by atoms with Crippen LogP contribution in [0.1, 0.15) is 45.5 Å². The van der Waals surface area contributed by atoms with E-state index in [9.17, 15) is 24.3 Å². The molecule has 2 unspecified atom stereocenters. The summed E-state index contributed by atoms with van der Waals surface area (Å²) in [7, 11) is 0. The fourth-order valence-corrected chi connectivity index (χ4v) is 6.38. The van der Waals surface area contributed by atoms with Gasteiger partial charge in [-0.25, -0.2) is 9.69 Å². The second-order valence-corrected chi connectivity index (χ2v) is 8.88. The number of hydrogen-bond donors (Lipinski definition) is 1. The molecular formula is C27H19NO5. The summed E-state index contributed by atoms with van der Waals surface area (Å²) in [4.78, 5) is 53.6. The summed E-state index contributed by atoms with van der Waals surface area (Å²) in [5.41, 5.74) is 2.56. The summed E-state index contributed by atoms with van der Waals surface area (Å²) in [6, 6.07) is 20.9.